The summed E-state index contributed by atoms with van der Waals surface area (Å²) < 4.78 is 41.7. The van der Waals surface area contributed by atoms with Gasteiger partial charge in [0.15, 0.2) is 0 Å². The van der Waals surface area contributed by atoms with Gasteiger partial charge in [0.25, 0.3) is 0 Å². The van der Waals surface area contributed by atoms with Gasteiger partial charge in [-0.3, -0.25) is 4.76 Å². The number of anilines is 1. The summed E-state index contributed by atoms with van der Waals surface area (Å²) in [5.74, 6) is 1.47. The molecule has 1 aromatic rings. The van der Waals surface area contributed by atoms with Gasteiger partial charge in [-0.1, -0.05) is 30.2 Å². The summed E-state index contributed by atoms with van der Waals surface area (Å²) in [6.07, 6.45) is 0. The molecule has 1 heterocycles. The maximum atomic E-state index is 7.50. The fourth-order valence-corrected chi connectivity index (χ4v) is 2.96. The number of rotatable bonds is 2. The molecule has 0 N–H and O–H groups in total. The monoisotopic (exact) mass is 637 g/mol. The summed E-state index contributed by atoms with van der Waals surface area (Å²) in [5.41, 5.74) is 9.65. The van der Waals surface area contributed by atoms with Gasteiger partial charge in [0, 0.05) is 52.3 Å². The normalized spacial score (nSPS) is 12.6. The molecule has 1 unspecified atom stereocenters. The Hall–Kier alpha value is -2.01. The van der Waals surface area contributed by atoms with Gasteiger partial charge in [0.1, 0.15) is 0 Å². The first-order valence-electron chi connectivity index (χ1n) is 8.66. The molecule has 9 heteroatoms. The second-order valence-corrected chi connectivity index (χ2v) is 7.06. The molecule has 0 fully saturated rings. The molecule has 173 valence electrons. The van der Waals surface area contributed by atoms with Crippen LogP contribution >= 0.6 is 8.73 Å². The van der Waals surface area contributed by atoms with Crippen molar-refractivity contribution in [3.8, 4) is 0 Å². The quantitative estimate of drug-likeness (QED) is 0.248. The molecule has 7 nitrogen and oxygen atoms in total. The summed E-state index contributed by atoms with van der Waals surface area (Å²) in [4.78, 5) is 2.10. The van der Waals surface area contributed by atoms with Crippen molar-refractivity contribution in [2.75, 3.05) is 19.0 Å². The van der Waals surface area contributed by atoms with E-state index in [4.69, 9.17) is 23.3 Å². The maximum absolute atomic E-state index is 7.50. The summed E-state index contributed by atoms with van der Waals surface area (Å²) in [7, 11) is 4.82. The van der Waals surface area contributed by atoms with E-state index in [-0.39, 0.29) is 21.1 Å². The third kappa shape index (κ3) is 15.5. The second kappa shape index (κ2) is 26.2. The van der Waals surface area contributed by atoms with Crippen molar-refractivity contribution in [1.29, 1.82) is 0 Å². The van der Waals surface area contributed by atoms with Gasteiger partial charge in [-0.25, -0.2) is 0 Å². The summed E-state index contributed by atoms with van der Waals surface area (Å²) in [5, 5.41) is 0. The number of benzene rings is 1. The van der Waals surface area contributed by atoms with Crippen LogP contribution in [0.15, 0.2) is 51.3 Å². The average Bonchev–Trinajstić information content (AvgIpc) is 3.71. The van der Waals surface area contributed by atoms with Crippen LogP contribution in [-0.4, -0.2) is 19.5 Å². The molecule has 0 bridgehead atoms. The van der Waals surface area contributed by atoms with Crippen LogP contribution in [0.2, 0.25) is 0 Å². The molecule has 0 spiro atoms. The van der Waals surface area contributed by atoms with Crippen LogP contribution in [0, 0.1) is 39.2 Å². The number of allylic oxidation sites excluding steroid dienone is 4. The zero-order chi connectivity index (χ0) is 26.4. The van der Waals surface area contributed by atoms with Crippen molar-refractivity contribution in [3.63, 3.8) is 0 Å². The van der Waals surface area contributed by atoms with Crippen LogP contribution in [0.25, 0.3) is 0 Å². The summed E-state index contributed by atoms with van der Waals surface area (Å²) >= 11 is 0. The van der Waals surface area contributed by atoms with E-state index in [9.17, 15) is 0 Å². The van der Waals surface area contributed by atoms with E-state index in [1.165, 1.54) is 44.9 Å². The molecule has 1 radical (unpaired) electrons. The standard InChI is InChI=1S/C10H15.C9H11N2P.5CO.W/c1-6-7(2)9(4)10(5)8(6)3;1-11(2)8-5-3-7(4-6-8)9-10-12-9;5*1-2;/h1-5H3;3-6,12H,1-2H3;;;;;;. The molecule has 33 heavy (non-hydrogen) atoms. The predicted octanol–water partition coefficient (Wildman–Crippen LogP) is 5.18. The van der Waals surface area contributed by atoms with Crippen molar-refractivity contribution < 1.29 is 44.3 Å². The molecular formula is C24H26N2O5PW. The SMILES string of the molecule is CN(C)c1ccc(C2=NP2)cc1.C[C]1C(C)=C(C)C(C)=C1C.[C-]#[O+].[C-]#[O+].[C-]#[O+].[C-]#[O+].[C-]#[O+].[W]. The van der Waals surface area contributed by atoms with Crippen LogP contribution < -0.4 is 4.90 Å². The number of hydrogen-bond acceptors (Lipinski definition) is 2. The zero-order valence-corrected chi connectivity index (χ0v) is 23.6. The van der Waals surface area contributed by atoms with E-state index in [2.05, 4.69) is 102 Å². The third-order valence-corrected chi connectivity index (χ3v) is 5.43. The summed E-state index contributed by atoms with van der Waals surface area (Å²) in [6.45, 7) is 33.5. The Bertz CT molecular complexity index is 818. The largest absolute Gasteiger partial charge is 0 e. The Morgan fingerprint density at radius 3 is 1.12 bits per heavy atom. The molecule has 2 aliphatic rings. The smallest absolute Gasteiger partial charge is 0 e. The Morgan fingerprint density at radius 2 is 0.939 bits per heavy atom. The molecular weight excluding hydrogens is 611 g/mol. The van der Waals surface area contributed by atoms with Gasteiger partial charge in [-0.2, -0.15) is 0 Å². The molecule has 0 aromatic heterocycles. The van der Waals surface area contributed by atoms with Crippen molar-refractivity contribution in [3.05, 3.63) is 91.3 Å². The van der Waals surface area contributed by atoms with Crippen LogP contribution in [-0.2, 0) is 44.3 Å². The van der Waals surface area contributed by atoms with E-state index < -0.39 is 0 Å². The number of nitrogens with zero attached hydrogens (tertiary/aromatic N) is 2. The molecule has 0 amide bonds. The van der Waals surface area contributed by atoms with Gasteiger partial charge >= 0.3 is 56.5 Å². The van der Waals surface area contributed by atoms with Crippen molar-refractivity contribution >= 4 is 19.9 Å². The Kier molecular flexibility index (Phi) is 32.8. The van der Waals surface area contributed by atoms with Gasteiger partial charge in [-0.05, 0) is 51.0 Å². The van der Waals surface area contributed by atoms with Crippen LogP contribution in [0.4, 0.5) is 5.69 Å². The fourth-order valence-electron chi connectivity index (χ4n) is 2.48. The molecule has 1 aliphatic heterocycles. The topological polar surface area (TPSA) is 115 Å². The fraction of sp³-hybridized carbons (Fsp3) is 0.292. The van der Waals surface area contributed by atoms with Gasteiger partial charge in [-0.15, -0.1) is 0 Å². The predicted molar refractivity (Wildman–Crippen MR) is 121 cm³/mol. The number of hydrogen-bond donors (Lipinski definition) is 0. The van der Waals surface area contributed by atoms with Gasteiger partial charge in [0.2, 0.25) is 0 Å². The molecule has 3 rings (SSSR count). The Balaban J connectivity index is -0.000000113. The minimum atomic E-state index is 0. The zero-order valence-electron chi connectivity index (χ0n) is 19.7. The summed E-state index contributed by atoms with van der Waals surface area (Å²) in [6, 6.07) is 8.52. The van der Waals surface area contributed by atoms with Crippen molar-refractivity contribution in [2.45, 2.75) is 34.6 Å². The second-order valence-electron chi connectivity index (χ2n) is 6.14. The Labute approximate surface area is 213 Å². The molecule has 1 aliphatic carbocycles. The first-order chi connectivity index (χ1) is 15.3. The Morgan fingerprint density at radius 1 is 0.636 bits per heavy atom. The van der Waals surface area contributed by atoms with E-state index in [1.807, 2.05) is 14.1 Å². The van der Waals surface area contributed by atoms with Crippen LogP contribution in [0.1, 0.15) is 40.2 Å². The molecule has 0 saturated carbocycles. The minimum Gasteiger partial charge on any atom is 0 e. The third-order valence-electron chi connectivity index (χ3n) is 4.69. The first-order valence-corrected chi connectivity index (χ1v) is 9.60. The van der Waals surface area contributed by atoms with Crippen LogP contribution in [0.3, 0.4) is 0 Å². The minimum absolute atomic E-state index is 0. The van der Waals surface area contributed by atoms with E-state index in [1.54, 1.807) is 0 Å². The average molecular weight is 637 g/mol. The van der Waals surface area contributed by atoms with Crippen molar-refractivity contribution in [2.24, 2.45) is 4.76 Å². The van der Waals surface area contributed by atoms with E-state index >= 15 is 0 Å². The van der Waals surface area contributed by atoms with E-state index in [0.29, 0.717) is 0 Å². The van der Waals surface area contributed by atoms with Crippen molar-refractivity contribution in [1.82, 2.24) is 0 Å². The van der Waals surface area contributed by atoms with Gasteiger partial charge < -0.3 is 4.90 Å². The molecule has 0 saturated heterocycles. The first kappa shape index (κ1) is 41.3. The molecule has 1 aromatic carbocycles. The van der Waals surface area contributed by atoms with Gasteiger partial charge in [0.05, 0.1) is 14.2 Å². The van der Waals surface area contributed by atoms with Crippen LogP contribution in [0.5, 0.6) is 0 Å². The molecule has 1 atom stereocenters. The van der Waals surface area contributed by atoms with E-state index in [0.717, 1.165) is 8.73 Å². The maximum Gasteiger partial charge on any atom is 0 e.